The molecule has 0 aromatic carbocycles. The molecule has 0 radical (unpaired) electrons. The van der Waals surface area contributed by atoms with Crippen molar-refractivity contribution in [1.29, 1.82) is 0 Å². The van der Waals surface area contributed by atoms with E-state index in [2.05, 4.69) is 12.2 Å². The zero-order valence-electron chi connectivity index (χ0n) is 11.0. The number of amidine groups is 1. The highest BCUT2D eigenvalue weighted by Gasteiger charge is 2.39. The molecule has 1 aliphatic carbocycles. The molecule has 1 spiro atoms. The van der Waals surface area contributed by atoms with E-state index in [0.717, 1.165) is 56.4 Å². The van der Waals surface area contributed by atoms with E-state index in [0.29, 0.717) is 12.1 Å². The van der Waals surface area contributed by atoms with Gasteiger partial charge in [-0.1, -0.05) is 11.8 Å². The van der Waals surface area contributed by atoms with Gasteiger partial charge in [-0.3, -0.25) is 4.99 Å². The van der Waals surface area contributed by atoms with Crippen LogP contribution < -0.4 is 5.32 Å². The van der Waals surface area contributed by atoms with Crippen molar-refractivity contribution in [2.45, 2.75) is 50.3 Å². The summed E-state index contributed by atoms with van der Waals surface area (Å²) in [5, 5.41) is 4.79. The molecule has 1 saturated carbocycles. The average Bonchev–Trinajstić information content (AvgIpc) is 2.71. The second-order valence-corrected chi connectivity index (χ2v) is 6.41. The summed E-state index contributed by atoms with van der Waals surface area (Å²) in [5.74, 6) is 1.15. The van der Waals surface area contributed by atoms with E-state index in [1.54, 1.807) is 0 Å². The third-order valence-corrected chi connectivity index (χ3v) is 5.26. The van der Waals surface area contributed by atoms with Gasteiger partial charge >= 0.3 is 0 Å². The first kappa shape index (κ1) is 12.8. The molecule has 3 rings (SSSR count). The Labute approximate surface area is 113 Å². The summed E-state index contributed by atoms with van der Waals surface area (Å²) in [6, 6.07) is 0.478. The van der Waals surface area contributed by atoms with Crippen LogP contribution in [0.2, 0.25) is 0 Å². The fourth-order valence-corrected chi connectivity index (χ4v) is 4.07. The molecule has 4 nitrogen and oxygen atoms in total. The lowest BCUT2D eigenvalue weighted by Gasteiger charge is -2.34. The summed E-state index contributed by atoms with van der Waals surface area (Å²) in [7, 11) is 0. The Bertz CT molecular complexity index is 323. The van der Waals surface area contributed by atoms with Crippen molar-refractivity contribution in [3.8, 4) is 0 Å². The third kappa shape index (κ3) is 2.68. The predicted molar refractivity (Wildman–Crippen MR) is 74.2 cm³/mol. The molecule has 0 aromatic rings. The minimum absolute atomic E-state index is 0.269. The normalized spacial score (nSPS) is 36.6. The Balaban J connectivity index is 1.50. The van der Waals surface area contributed by atoms with Gasteiger partial charge in [-0.2, -0.15) is 0 Å². The van der Waals surface area contributed by atoms with Crippen molar-refractivity contribution in [3.63, 3.8) is 0 Å². The first-order chi connectivity index (χ1) is 8.80. The van der Waals surface area contributed by atoms with Crippen LogP contribution >= 0.6 is 11.8 Å². The molecular weight excluding hydrogens is 248 g/mol. The van der Waals surface area contributed by atoms with Gasteiger partial charge in [-0.05, 0) is 32.6 Å². The maximum atomic E-state index is 5.57. The van der Waals surface area contributed by atoms with Crippen molar-refractivity contribution in [2.24, 2.45) is 4.99 Å². The van der Waals surface area contributed by atoms with Crippen LogP contribution in [0.5, 0.6) is 0 Å². The van der Waals surface area contributed by atoms with Gasteiger partial charge in [0.2, 0.25) is 0 Å². The Kier molecular flexibility index (Phi) is 3.82. The smallest absolute Gasteiger partial charge is 0.157 e. The topological polar surface area (TPSA) is 42.8 Å². The van der Waals surface area contributed by atoms with Gasteiger partial charge in [0, 0.05) is 25.6 Å². The van der Waals surface area contributed by atoms with Crippen molar-refractivity contribution >= 4 is 16.9 Å². The lowest BCUT2D eigenvalue weighted by atomic mass is 9.90. The number of nitrogens with zero attached hydrogens (tertiary/aromatic N) is 1. The summed E-state index contributed by atoms with van der Waals surface area (Å²) < 4.78 is 11.0. The molecule has 3 fully saturated rings. The van der Waals surface area contributed by atoms with E-state index in [1.165, 1.54) is 0 Å². The lowest BCUT2D eigenvalue weighted by Crippen LogP contribution is -2.48. The third-order valence-electron chi connectivity index (χ3n) is 4.08. The molecule has 0 bridgehead atoms. The van der Waals surface area contributed by atoms with Crippen LogP contribution in [0.25, 0.3) is 0 Å². The van der Waals surface area contributed by atoms with Gasteiger partial charge in [-0.15, -0.1) is 0 Å². The highest BCUT2D eigenvalue weighted by molar-refractivity contribution is 8.14. The van der Waals surface area contributed by atoms with Crippen LogP contribution in [-0.2, 0) is 9.47 Å². The maximum Gasteiger partial charge on any atom is 0.157 e. The minimum atomic E-state index is 0.269. The van der Waals surface area contributed by atoms with E-state index in [9.17, 15) is 0 Å². The van der Waals surface area contributed by atoms with Crippen molar-refractivity contribution in [2.75, 3.05) is 25.6 Å². The molecule has 0 aromatic heterocycles. The van der Waals surface area contributed by atoms with E-state index >= 15 is 0 Å². The zero-order valence-corrected chi connectivity index (χ0v) is 11.8. The highest BCUT2D eigenvalue weighted by atomic mass is 32.2. The van der Waals surface area contributed by atoms with E-state index in [1.807, 2.05) is 11.8 Å². The van der Waals surface area contributed by atoms with Gasteiger partial charge in [-0.25, -0.2) is 0 Å². The van der Waals surface area contributed by atoms with Gasteiger partial charge < -0.3 is 14.8 Å². The van der Waals surface area contributed by atoms with E-state index in [-0.39, 0.29) is 5.54 Å². The van der Waals surface area contributed by atoms with Crippen LogP contribution in [0.4, 0.5) is 0 Å². The Morgan fingerprint density at radius 1 is 1.44 bits per heavy atom. The number of thioether (sulfide) groups is 1. The fraction of sp³-hybridized carbons (Fsp3) is 0.923. The van der Waals surface area contributed by atoms with Gasteiger partial charge in [0.15, 0.2) is 5.17 Å². The number of rotatable bonds is 3. The van der Waals surface area contributed by atoms with Gasteiger partial charge in [0.05, 0.1) is 17.7 Å². The predicted octanol–water partition coefficient (Wildman–Crippen LogP) is 1.80. The standard InChI is InChI=1S/C13H22N2O2S/c1-2-17-11-7-10(8-11)14-12-15-13(9-18-12)3-5-16-6-4-13/h10-11H,2-9H2,1H3,(H,14,15). The number of ether oxygens (including phenoxy) is 2. The summed E-state index contributed by atoms with van der Waals surface area (Å²) in [4.78, 5) is 4.81. The molecule has 102 valence electrons. The molecule has 1 N–H and O–H groups in total. The highest BCUT2D eigenvalue weighted by Crippen LogP contribution is 2.34. The second-order valence-electron chi connectivity index (χ2n) is 5.44. The van der Waals surface area contributed by atoms with Gasteiger partial charge in [0.1, 0.15) is 0 Å². The first-order valence-corrected chi connectivity index (χ1v) is 7.96. The minimum Gasteiger partial charge on any atom is -0.381 e. The number of aliphatic imine (C=N–C) groups is 1. The molecule has 2 aliphatic heterocycles. The fourth-order valence-electron chi connectivity index (χ4n) is 2.79. The van der Waals surface area contributed by atoms with Crippen LogP contribution in [0.15, 0.2) is 4.99 Å². The molecule has 0 amide bonds. The SMILES string of the molecule is CCOC1CC(N=C2NC3(CCOCC3)CS2)C1. The molecule has 2 heterocycles. The van der Waals surface area contributed by atoms with E-state index < -0.39 is 0 Å². The van der Waals surface area contributed by atoms with Crippen LogP contribution in [-0.4, -0.2) is 48.4 Å². The quantitative estimate of drug-likeness (QED) is 0.849. The second kappa shape index (κ2) is 5.39. The molecule has 3 aliphatic rings. The molecule has 2 saturated heterocycles. The van der Waals surface area contributed by atoms with Gasteiger partial charge in [0.25, 0.3) is 0 Å². The number of hydrogen-bond donors (Lipinski definition) is 1. The van der Waals surface area contributed by atoms with Crippen molar-refractivity contribution < 1.29 is 9.47 Å². The largest absolute Gasteiger partial charge is 0.381 e. The first-order valence-electron chi connectivity index (χ1n) is 6.98. The van der Waals surface area contributed by atoms with Crippen LogP contribution in [0.1, 0.15) is 32.6 Å². The molecule has 0 atom stereocenters. The average molecular weight is 270 g/mol. The Morgan fingerprint density at radius 2 is 2.22 bits per heavy atom. The van der Waals surface area contributed by atoms with Crippen molar-refractivity contribution in [3.05, 3.63) is 0 Å². The summed E-state index contributed by atoms with van der Waals surface area (Å²) in [6.45, 7) is 4.65. The summed E-state index contributed by atoms with van der Waals surface area (Å²) >= 11 is 1.88. The van der Waals surface area contributed by atoms with Crippen LogP contribution in [0.3, 0.4) is 0 Å². The molecule has 0 unspecified atom stereocenters. The van der Waals surface area contributed by atoms with Crippen LogP contribution in [0, 0.1) is 0 Å². The Morgan fingerprint density at radius 3 is 2.94 bits per heavy atom. The molecule has 5 heteroatoms. The lowest BCUT2D eigenvalue weighted by molar-refractivity contribution is -0.000735. The Hall–Kier alpha value is -0.260. The summed E-state index contributed by atoms with van der Waals surface area (Å²) in [5.41, 5.74) is 0.269. The van der Waals surface area contributed by atoms with E-state index in [4.69, 9.17) is 14.5 Å². The monoisotopic (exact) mass is 270 g/mol. The maximum absolute atomic E-state index is 5.57. The number of hydrogen-bond acceptors (Lipinski definition) is 4. The molecule has 18 heavy (non-hydrogen) atoms. The number of nitrogens with one attached hydrogen (secondary N) is 1. The molecular formula is C13H22N2O2S. The zero-order chi connectivity index (χ0) is 12.4. The van der Waals surface area contributed by atoms with Crippen molar-refractivity contribution in [1.82, 2.24) is 5.32 Å². The summed E-state index contributed by atoms with van der Waals surface area (Å²) in [6.07, 6.45) is 4.87.